The van der Waals surface area contributed by atoms with Gasteiger partial charge in [-0.2, -0.15) is 0 Å². The summed E-state index contributed by atoms with van der Waals surface area (Å²) in [5, 5.41) is 205. The fourth-order valence-electron chi connectivity index (χ4n) is 10.8. The number of carboxylic acids is 1. The molecule has 6 heterocycles. The van der Waals surface area contributed by atoms with E-state index in [1.165, 1.54) is 0 Å². The maximum atomic E-state index is 13.0. The van der Waals surface area contributed by atoms with Gasteiger partial charge in [0.2, 0.25) is 23.6 Å². The minimum absolute atomic E-state index is 0.746. The third-order valence-corrected chi connectivity index (χ3v) is 15.0. The molecule has 6 aliphatic heterocycles. The van der Waals surface area contributed by atoms with Crippen LogP contribution >= 0.6 is 0 Å². The average Bonchev–Trinajstić information content (AvgIpc) is 3.63. The van der Waals surface area contributed by atoms with Crippen LogP contribution in [0.2, 0.25) is 0 Å². The summed E-state index contributed by atoms with van der Waals surface area (Å²) in [6.45, 7) is -2.45. The Bertz CT molecular complexity index is 2220. The summed E-state index contributed by atoms with van der Waals surface area (Å²) in [5.74, 6) is -8.65. The normalized spacial score (nSPS) is 45.0. The predicted octanol–water partition coefficient (Wildman–Crippen LogP) is -14.3. The largest absolute Gasteiger partial charge is 0.477 e. The number of aliphatic carboxylic acids is 1. The molecule has 38 nitrogen and oxygen atoms in total. The van der Waals surface area contributed by atoms with E-state index in [1.807, 2.05) is 0 Å². The maximum absolute atomic E-state index is 13.0. The Hall–Kier alpha value is -3.77. The summed E-state index contributed by atoms with van der Waals surface area (Å²) in [4.78, 5) is 62.5. The van der Waals surface area contributed by atoms with Crippen molar-refractivity contribution in [2.75, 3.05) is 39.6 Å². The number of amides is 4. The molecule has 0 saturated carbocycles. The third-order valence-electron chi connectivity index (χ3n) is 15.0. The number of aliphatic hydroxyl groups is 17. The van der Waals surface area contributed by atoms with Crippen molar-refractivity contribution in [2.45, 2.75) is 224 Å². The lowest BCUT2D eigenvalue weighted by Crippen LogP contribution is -2.71. The van der Waals surface area contributed by atoms with E-state index in [-0.39, 0.29) is 0 Å². The first-order valence-electron chi connectivity index (χ1n) is 26.7. The van der Waals surface area contributed by atoms with Crippen molar-refractivity contribution in [3.8, 4) is 0 Å². The van der Waals surface area contributed by atoms with E-state index in [1.54, 1.807) is 0 Å². The van der Waals surface area contributed by atoms with Crippen molar-refractivity contribution >= 4 is 29.6 Å². The molecule has 0 aromatic rings. The highest BCUT2D eigenvalue weighted by atomic mass is 16.8. The predicted molar refractivity (Wildman–Crippen MR) is 263 cm³/mol. The first-order chi connectivity index (χ1) is 40.0. The van der Waals surface area contributed by atoms with Gasteiger partial charge in [-0.15, -0.1) is 0 Å². The number of nitrogens with one attached hydrogen (secondary N) is 4. The summed E-state index contributed by atoms with van der Waals surface area (Å²) in [6, 6.07) is -6.90. The molecule has 31 atom stereocenters. The quantitative estimate of drug-likeness (QED) is 0.0452. The highest BCUT2D eigenvalue weighted by molar-refractivity contribution is 5.77. The SMILES string of the molecule is CC(=O)N[C@@H]1[C@@H](O[C@@H]2O[C@H](CO)[C@@H](O[C@@H]3O[C@H](CO)[C@H](O)[C@H](O[C@@H]4O[C@H](CO)[C@@H](O[C@@H]5O[C@H](CO)[C@H](O)[C@H](O[C@]6(C(=O)O)C[C@H](O)[C@@H](NC(C)=O)[C@H]([C@H](O)[C@H](O)CO)O6)[C@H]5O)[C@H](O)[C@H]4NC(C)=O)[C@H]3O)[C@H](O)[C@H]2NC(C)=O)[C@@H](O)[C@@H](CO)O[C@@H]1O. The Kier molecular flexibility index (Phi) is 24.9. The highest BCUT2D eigenvalue weighted by Crippen LogP contribution is 2.40. The molecule has 6 rings (SSSR count). The van der Waals surface area contributed by atoms with Gasteiger partial charge in [0.25, 0.3) is 5.79 Å². The molecule has 4 amide bonds. The third kappa shape index (κ3) is 15.6. The summed E-state index contributed by atoms with van der Waals surface area (Å²) >= 11 is 0. The number of aliphatic hydroxyl groups excluding tert-OH is 17. The van der Waals surface area contributed by atoms with E-state index in [0.717, 1.165) is 27.7 Å². The van der Waals surface area contributed by atoms with Crippen LogP contribution in [0, 0.1) is 0 Å². The molecule has 6 fully saturated rings. The Morgan fingerprint density at radius 3 is 1.25 bits per heavy atom. The van der Waals surface area contributed by atoms with Gasteiger partial charge in [-0.25, -0.2) is 4.79 Å². The maximum Gasteiger partial charge on any atom is 0.364 e. The molecule has 0 aromatic carbocycles. The zero-order chi connectivity index (χ0) is 63.3. The Labute approximate surface area is 481 Å². The number of hydrogen-bond donors (Lipinski definition) is 22. The standard InChI is InChI=1S/C47H78N4O34/c1-12(58)48-23-16(62)5-47(46(73)74,84-38(23)27(64)17(63)6-52)85-40-30(67)20(9-55)77-45(34(40)71)81-36-22(11-57)79-43(25(32(36)69)50-14(3)60)83-39-29(66)19(8-54)76-44(33(39)70)80-35-21(10-56)78-42(24(31(35)68)49-13(2)59)82-37-26(51-15(4)61)41(72)75-18(7-53)28(37)65/h16-45,52-57,62-72H,5-11H2,1-4H3,(H,48,58)(H,49,59)(H,50,60)(H,51,61)(H,73,74)/t16-,17+,18+,19+,20+,21+,22+,23+,24+,25+,26+,27+,28-,29-,30-,31+,32+,33+,34+,35+,36+,37+,38+,39-,40-,41-,42-,43-,44-,45-,47-/m0/s1. The summed E-state index contributed by atoms with van der Waals surface area (Å²) in [7, 11) is 0. The Morgan fingerprint density at radius 2 is 0.824 bits per heavy atom. The molecule has 0 aromatic heterocycles. The van der Waals surface area contributed by atoms with Crippen LogP contribution in [0.15, 0.2) is 0 Å². The van der Waals surface area contributed by atoms with E-state index < -0.39 is 265 Å². The number of carbonyl (C=O) groups is 5. The lowest BCUT2D eigenvalue weighted by molar-refractivity contribution is -0.390. The minimum Gasteiger partial charge on any atom is -0.477 e. The van der Waals surface area contributed by atoms with Crippen LogP contribution in [-0.4, -0.2) is 351 Å². The Morgan fingerprint density at radius 1 is 0.459 bits per heavy atom. The van der Waals surface area contributed by atoms with Gasteiger partial charge in [-0.3, -0.25) is 19.2 Å². The minimum atomic E-state index is -3.21. The highest BCUT2D eigenvalue weighted by Gasteiger charge is 2.62. The lowest BCUT2D eigenvalue weighted by atomic mass is 9.88. The van der Waals surface area contributed by atoms with E-state index >= 15 is 0 Å². The summed E-state index contributed by atoms with van der Waals surface area (Å²) in [6.07, 6.45) is -53.8. The van der Waals surface area contributed by atoms with Gasteiger partial charge in [0.15, 0.2) is 31.5 Å². The molecular weight excluding hydrogens is 1160 g/mol. The van der Waals surface area contributed by atoms with Gasteiger partial charge >= 0.3 is 5.97 Å². The topological polar surface area (TPSA) is 599 Å². The second-order valence-corrected chi connectivity index (χ2v) is 21.1. The zero-order valence-corrected chi connectivity index (χ0v) is 45.9. The first-order valence-corrected chi connectivity index (χ1v) is 26.7. The van der Waals surface area contributed by atoms with Gasteiger partial charge in [0, 0.05) is 34.1 Å². The van der Waals surface area contributed by atoms with Crippen LogP contribution in [-0.2, 0) is 76.1 Å². The molecule has 6 saturated heterocycles. The van der Waals surface area contributed by atoms with Crippen LogP contribution in [0.5, 0.6) is 0 Å². The van der Waals surface area contributed by atoms with Crippen molar-refractivity contribution in [2.24, 2.45) is 0 Å². The van der Waals surface area contributed by atoms with Gasteiger partial charge < -0.3 is 165 Å². The van der Waals surface area contributed by atoms with Crippen LogP contribution < -0.4 is 21.3 Å². The number of ether oxygens (including phenoxy) is 11. The van der Waals surface area contributed by atoms with E-state index in [9.17, 15) is 116 Å². The van der Waals surface area contributed by atoms with Crippen LogP contribution in [0.25, 0.3) is 0 Å². The van der Waals surface area contributed by atoms with E-state index in [4.69, 9.17) is 52.1 Å². The van der Waals surface area contributed by atoms with Crippen molar-refractivity contribution in [1.29, 1.82) is 0 Å². The first kappa shape index (κ1) is 70.3. The van der Waals surface area contributed by atoms with Gasteiger partial charge in [-0.1, -0.05) is 0 Å². The fraction of sp³-hybridized carbons (Fsp3) is 0.894. The van der Waals surface area contributed by atoms with Gasteiger partial charge in [-0.05, 0) is 0 Å². The second kappa shape index (κ2) is 30.2. The molecular formula is C47H78N4O34. The molecule has 0 unspecified atom stereocenters. The summed E-state index contributed by atoms with van der Waals surface area (Å²) < 4.78 is 63.4. The fourth-order valence-corrected chi connectivity index (χ4v) is 10.8. The van der Waals surface area contributed by atoms with Crippen molar-refractivity contribution in [3.63, 3.8) is 0 Å². The molecule has 85 heavy (non-hydrogen) atoms. The number of hydrogen-bond acceptors (Lipinski definition) is 33. The van der Waals surface area contributed by atoms with Gasteiger partial charge in [0.05, 0.1) is 51.8 Å². The van der Waals surface area contributed by atoms with Crippen LogP contribution in [0.4, 0.5) is 0 Å². The monoisotopic (exact) mass is 1240 g/mol. The molecule has 490 valence electrons. The molecule has 6 aliphatic rings. The number of carbonyl (C=O) groups excluding carboxylic acids is 4. The van der Waals surface area contributed by atoms with Crippen molar-refractivity contribution < 1.29 is 168 Å². The summed E-state index contributed by atoms with van der Waals surface area (Å²) in [5.41, 5.74) is 0. The molecule has 0 aliphatic carbocycles. The lowest BCUT2D eigenvalue weighted by Gasteiger charge is -2.51. The molecule has 0 radical (unpaired) electrons. The molecule has 0 spiro atoms. The van der Waals surface area contributed by atoms with E-state index in [2.05, 4.69) is 21.3 Å². The number of carboxylic acid groups (broad SMARTS) is 1. The van der Waals surface area contributed by atoms with Crippen molar-refractivity contribution in [3.05, 3.63) is 0 Å². The van der Waals surface area contributed by atoms with Gasteiger partial charge in [0.1, 0.15) is 140 Å². The van der Waals surface area contributed by atoms with Crippen molar-refractivity contribution in [1.82, 2.24) is 21.3 Å². The van der Waals surface area contributed by atoms with E-state index in [0.29, 0.717) is 0 Å². The smallest absolute Gasteiger partial charge is 0.364 e. The number of rotatable bonds is 23. The Balaban J connectivity index is 1.24. The second-order valence-electron chi connectivity index (χ2n) is 21.1. The molecule has 38 heteroatoms. The van der Waals surface area contributed by atoms with Crippen LogP contribution in [0.1, 0.15) is 34.1 Å². The van der Waals surface area contributed by atoms with Crippen LogP contribution in [0.3, 0.4) is 0 Å². The molecule has 22 N–H and O–H groups in total. The molecule has 0 bridgehead atoms. The zero-order valence-electron chi connectivity index (χ0n) is 45.9. The average molecular weight is 1240 g/mol.